The summed E-state index contributed by atoms with van der Waals surface area (Å²) in [7, 11) is 3.05. The average Bonchev–Trinajstić information content (AvgIpc) is 2.59. The first-order valence-corrected chi connectivity index (χ1v) is 7.24. The number of carbonyl (C=O) groups is 1. The Morgan fingerprint density at radius 2 is 1.83 bits per heavy atom. The fourth-order valence-electron chi connectivity index (χ4n) is 2.31. The Morgan fingerprint density at radius 1 is 1.17 bits per heavy atom. The van der Waals surface area contributed by atoms with E-state index in [1.54, 1.807) is 37.5 Å². The largest absolute Gasteiger partial charge is 0.595 e. The Bertz CT molecular complexity index is 751. The number of aryl methyl sites for hydroxylation is 1. The summed E-state index contributed by atoms with van der Waals surface area (Å²) in [5.74, 6) is 0.867. The van der Waals surface area contributed by atoms with Crippen molar-refractivity contribution < 1.29 is 24.7 Å². The van der Waals surface area contributed by atoms with Crippen molar-refractivity contribution in [1.82, 2.24) is 0 Å². The van der Waals surface area contributed by atoms with Crippen molar-refractivity contribution in [2.45, 2.75) is 6.92 Å². The maximum absolute atomic E-state index is 12.5. The summed E-state index contributed by atoms with van der Waals surface area (Å²) >= 11 is 0. The number of ether oxygens (including phenoxy) is 2. The summed E-state index contributed by atoms with van der Waals surface area (Å²) in [6, 6.07) is 9.70. The van der Waals surface area contributed by atoms with Crippen LogP contribution < -0.4 is 14.7 Å². The van der Waals surface area contributed by atoms with E-state index in [1.165, 1.54) is 25.3 Å². The molecule has 1 atom stereocenters. The van der Waals surface area contributed by atoms with Gasteiger partial charge in [0.2, 0.25) is 0 Å². The molecule has 0 aliphatic heterocycles. The lowest BCUT2D eigenvalue weighted by molar-refractivity contribution is -0.991. The summed E-state index contributed by atoms with van der Waals surface area (Å²) in [6.45, 7) is 1.81. The van der Waals surface area contributed by atoms with E-state index in [-0.39, 0.29) is 11.5 Å². The van der Waals surface area contributed by atoms with E-state index in [0.29, 0.717) is 17.1 Å². The minimum atomic E-state index is -0.986. The third-order valence-corrected chi connectivity index (χ3v) is 3.56. The highest BCUT2D eigenvalue weighted by molar-refractivity contribution is 6.09. The molecule has 6 heteroatoms. The molecule has 0 saturated carbocycles. The lowest BCUT2D eigenvalue weighted by Crippen LogP contribution is -2.99. The molecule has 0 fully saturated rings. The second-order valence-electron chi connectivity index (χ2n) is 5.15. The third kappa shape index (κ3) is 3.99. The highest BCUT2D eigenvalue weighted by atomic mass is 16.8. The van der Waals surface area contributed by atoms with Gasteiger partial charge in [0.15, 0.2) is 11.5 Å². The first-order chi connectivity index (χ1) is 11.5. The van der Waals surface area contributed by atoms with E-state index < -0.39 is 5.23 Å². The molecule has 0 amide bonds. The number of carbonyl (C=O) groups excluding carboxylic acids is 1. The van der Waals surface area contributed by atoms with E-state index in [4.69, 9.17) is 14.7 Å². The highest BCUT2D eigenvalue weighted by Crippen LogP contribution is 2.29. The molecule has 0 aliphatic carbocycles. The molecule has 24 heavy (non-hydrogen) atoms. The van der Waals surface area contributed by atoms with Crippen molar-refractivity contribution in [1.29, 1.82) is 0 Å². The average molecular weight is 329 g/mol. The summed E-state index contributed by atoms with van der Waals surface area (Å²) in [5.41, 5.74) is 2.16. The van der Waals surface area contributed by atoms with Crippen molar-refractivity contribution in [3.05, 3.63) is 64.4 Å². The van der Waals surface area contributed by atoms with Gasteiger partial charge < -0.3 is 14.7 Å². The quantitative estimate of drug-likeness (QED) is 0.483. The molecular formula is C18H19NO5. The van der Waals surface area contributed by atoms with Gasteiger partial charge in [-0.25, -0.2) is 5.21 Å². The second kappa shape index (κ2) is 7.74. The van der Waals surface area contributed by atoms with E-state index in [9.17, 15) is 10.0 Å². The van der Waals surface area contributed by atoms with Gasteiger partial charge in [0.05, 0.1) is 19.8 Å². The molecule has 0 heterocycles. The number of hydrogen-bond donors (Lipinski definition) is 2. The molecule has 1 unspecified atom stereocenters. The van der Waals surface area contributed by atoms with Crippen molar-refractivity contribution in [2.75, 3.05) is 14.2 Å². The van der Waals surface area contributed by atoms with Crippen molar-refractivity contribution in [2.24, 2.45) is 0 Å². The van der Waals surface area contributed by atoms with Crippen LogP contribution in [0, 0.1) is 12.1 Å². The SMILES string of the molecule is COc1cc(C)c(C(=O)C=Cc2ccc([NH+]([O-])O)cc2)c(OC)c1. The van der Waals surface area contributed by atoms with Crippen LogP contribution in [0.3, 0.4) is 0 Å². The Labute approximate surface area is 140 Å². The normalized spacial score (nSPS) is 12.2. The first-order valence-electron chi connectivity index (χ1n) is 7.24. The number of nitrogens with one attached hydrogen (secondary N) is 1. The smallest absolute Gasteiger partial charge is 0.189 e. The van der Waals surface area contributed by atoms with Gasteiger partial charge in [-0.05, 0) is 42.3 Å². The number of hydrogen-bond acceptors (Lipinski definition) is 5. The molecule has 2 rings (SSSR count). The summed E-state index contributed by atoms with van der Waals surface area (Å²) in [5, 5.41) is 18.7. The van der Waals surface area contributed by atoms with Crippen LogP contribution in [0.4, 0.5) is 5.69 Å². The van der Waals surface area contributed by atoms with Crippen LogP contribution in [0.2, 0.25) is 0 Å². The van der Waals surface area contributed by atoms with E-state index in [1.807, 2.05) is 6.92 Å². The highest BCUT2D eigenvalue weighted by Gasteiger charge is 2.15. The maximum Gasteiger partial charge on any atom is 0.189 e. The topological polar surface area (TPSA) is 83.3 Å². The standard InChI is InChI=1S/C18H19NO5/c1-12-10-15(23-2)11-17(24-3)18(12)16(20)9-6-13-4-7-14(8-5-13)19(21)22/h4-11,19,21H,1-3H3. The predicted octanol–water partition coefficient (Wildman–Crippen LogP) is 2.31. The molecule has 0 aromatic heterocycles. The molecule has 126 valence electrons. The molecule has 0 spiro atoms. The predicted molar refractivity (Wildman–Crippen MR) is 89.9 cm³/mol. The van der Waals surface area contributed by atoms with Gasteiger partial charge in [0.1, 0.15) is 11.5 Å². The Hall–Kier alpha value is -2.67. The molecule has 0 aliphatic rings. The lowest BCUT2D eigenvalue weighted by Gasteiger charge is -2.12. The number of allylic oxidation sites excluding steroid dienone is 1. The fourth-order valence-corrected chi connectivity index (χ4v) is 2.31. The van der Waals surface area contributed by atoms with E-state index in [0.717, 1.165) is 11.1 Å². The minimum absolute atomic E-state index is 0.200. The molecule has 0 saturated heterocycles. The molecule has 2 aromatic rings. The molecule has 2 aromatic carbocycles. The fraction of sp³-hybridized carbons (Fsp3) is 0.167. The molecule has 2 N–H and O–H groups in total. The number of rotatable bonds is 6. The van der Waals surface area contributed by atoms with Crippen molar-refractivity contribution >= 4 is 17.5 Å². The van der Waals surface area contributed by atoms with E-state index >= 15 is 0 Å². The van der Waals surface area contributed by atoms with Gasteiger partial charge in [-0.15, -0.1) is 0 Å². The van der Waals surface area contributed by atoms with Crippen LogP contribution in [0.25, 0.3) is 6.08 Å². The molecule has 6 nitrogen and oxygen atoms in total. The van der Waals surface area contributed by atoms with Gasteiger partial charge >= 0.3 is 0 Å². The monoisotopic (exact) mass is 329 g/mol. The lowest BCUT2D eigenvalue weighted by atomic mass is 10.0. The minimum Gasteiger partial charge on any atom is -0.595 e. The van der Waals surface area contributed by atoms with Gasteiger partial charge in [-0.3, -0.25) is 4.79 Å². The van der Waals surface area contributed by atoms with Crippen LogP contribution in [0.1, 0.15) is 21.5 Å². The molecule has 0 radical (unpaired) electrons. The van der Waals surface area contributed by atoms with Gasteiger partial charge in [0.25, 0.3) is 0 Å². The van der Waals surface area contributed by atoms with Crippen LogP contribution in [0.15, 0.2) is 42.5 Å². The van der Waals surface area contributed by atoms with Crippen LogP contribution >= 0.6 is 0 Å². The van der Waals surface area contributed by atoms with Gasteiger partial charge in [0, 0.05) is 18.2 Å². The Kier molecular flexibility index (Phi) is 5.70. The van der Waals surface area contributed by atoms with Gasteiger partial charge in [-0.1, -0.05) is 6.08 Å². The van der Waals surface area contributed by atoms with Crippen LogP contribution in [0.5, 0.6) is 11.5 Å². The molecular weight excluding hydrogens is 310 g/mol. The third-order valence-electron chi connectivity index (χ3n) is 3.56. The Morgan fingerprint density at radius 3 is 2.38 bits per heavy atom. The zero-order valence-electron chi connectivity index (χ0n) is 13.7. The number of quaternary nitrogens is 1. The summed E-state index contributed by atoms with van der Waals surface area (Å²) < 4.78 is 10.5. The maximum atomic E-state index is 12.5. The summed E-state index contributed by atoms with van der Waals surface area (Å²) in [4.78, 5) is 12.5. The van der Waals surface area contributed by atoms with Crippen molar-refractivity contribution in [3.8, 4) is 11.5 Å². The van der Waals surface area contributed by atoms with Crippen LogP contribution in [-0.4, -0.2) is 25.2 Å². The number of methoxy groups -OCH3 is 2. The number of benzene rings is 2. The number of ketones is 1. The van der Waals surface area contributed by atoms with E-state index in [2.05, 4.69) is 0 Å². The van der Waals surface area contributed by atoms with Gasteiger partial charge in [-0.2, -0.15) is 5.23 Å². The zero-order chi connectivity index (χ0) is 17.7. The van der Waals surface area contributed by atoms with Crippen LogP contribution in [-0.2, 0) is 0 Å². The van der Waals surface area contributed by atoms with Crippen molar-refractivity contribution in [3.63, 3.8) is 0 Å². The first kappa shape index (κ1) is 17.7. The molecule has 0 bridgehead atoms. The zero-order valence-corrected chi connectivity index (χ0v) is 13.7. The second-order valence-corrected chi connectivity index (χ2v) is 5.15. The Balaban J connectivity index is 2.26. The summed E-state index contributed by atoms with van der Waals surface area (Å²) in [6.07, 6.45) is 3.07.